The molecule has 6 heteroatoms. The third-order valence-electron chi connectivity index (χ3n) is 3.96. The Morgan fingerprint density at radius 3 is 2.38 bits per heavy atom. The van der Waals surface area contributed by atoms with Crippen molar-refractivity contribution in [3.63, 3.8) is 0 Å². The van der Waals surface area contributed by atoms with Crippen LogP contribution < -0.4 is 4.90 Å². The number of thioether (sulfide) groups is 2. The Morgan fingerprint density at radius 2 is 1.62 bits per heavy atom. The fraction of sp³-hybridized carbons (Fsp3) is 0.111. The number of imide groups is 1. The molecule has 1 saturated heterocycles. The van der Waals surface area contributed by atoms with Gasteiger partial charge in [-0.3, -0.25) is 14.5 Å². The summed E-state index contributed by atoms with van der Waals surface area (Å²) >= 11 is 2.57. The standard InChI is InChI=1S/C18H14N2O2S2/c1-19-13-9-5-6-10-14(13)23-17(19)15-16(21)20(18(22)24-15)11-12-7-3-2-4-8-12/h2-10H,11H2,1H3. The molecule has 0 bridgehead atoms. The van der Waals surface area contributed by atoms with Crippen molar-refractivity contribution in [3.8, 4) is 0 Å². The van der Waals surface area contributed by atoms with Crippen LogP contribution in [0.15, 0.2) is 69.4 Å². The van der Waals surface area contributed by atoms with Gasteiger partial charge in [-0.2, -0.15) is 0 Å². The zero-order valence-electron chi connectivity index (χ0n) is 12.9. The van der Waals surface area contributed by atoms with Crippen molar-refractivity contribution in [3.05, 3.63) is 70.1 Å². The lowest BCUT2D eigenvalue weighted by molar-refractivity contribution is -0.123. The summed E-state index contributed by atoms with van der Waals surface area (Å²) in [5.41, 5.74) is 2.01. The molecule has 0 aromatic heterocycles. The van der Waals surface area contributed by atoms with Gasteiger partial charge >= 0.3 is 0 Å². The monoisotopic (exact) mass is 354 g/mol. The van der Waals surface area contributed by atoms with Crippen LogP contribution in [0, 0.1) is 0 Å². The molecule has 0 saturated carbocycles. The van der Waals surface area contributed by atoms with E-state index in [2.05, 4.69) is 0 Å². The van der Waals surface area contributed by atoms with Gasteiger partial charge in [-0.1, -0.05) is 54.2 Å². The molecule has 0 radical (unpaired) electrons. The molecular formula is C18H14N2O2S2. The molecule has 0 N–H and O–H groups in total. The maximum absolute atomic E-state index is 12.8. The van der Waals surface area contributed by atoms with Gasteiger partial charge in [0.1, 0.15) is 4.91 Å². The van der Waals surface area contributed by atoms with E-state index in [-0.39, 0.29) is 11.1 Å². The first-order chi connectivity index (χ1) is 11.6. The first kappa shape index (κ1) is 15.4. The van der Waals surface area contributed by atoms with E-state index in [0.717, 1.165) is 32.9 Å². The lowest BCUT2D eigenvalue weighted by Crippen LogP contribution is -2.28. The van der Waals surface area contributed by atoms with Crippen LogP contribution in [0.1, 0.15) is 5.56 Å². The Balaban J connectivity index is 1.65. The first-order valence-electron chi connectivity index (χ1n) is 7.47. The van der Waals surface area contributed by atoms with Crippen molar-refractivity contribution in [2.75, 3.05) is 11.9 Å². The number of para-hydroxylation sites is 1. The van der Waals surface area contributed by atoms with Gasteiger partial charge in [0.15, 0.2) is 0 Å². The number of anilines is 1. The van der Waals surface area contributed by atoms with Gasteiger partial charge in [0.2, 0.25) is 0 Å². The minimum atomic E-state index is -0.212. The number of hydrogen-bond acceptors (Lipinski definition) is 5. The molecule has 0 aliphatic carbocycles. The summed E-state index contributed by atoms with van der Waals surface area (Å²) in [5.74, 6) is -0.212. The number of amides is 2. The van der Waals surface area contributed by atoms with E-state index in [1.165, 1.54) is 4.90 Å². The number of fused-ring (bicyclic) bond motifs is 1. The van der Waals surface area contributed by atoms with Crippen LogP contribution in [0.5, 0.6) is 0 Å². The third-order valence-corrected chi connectivity index (χ3v) is 6.30. The number of benzene rings is 2. The maximum Gasteiger partial charge on any atom is 0.293 e. The Hall–Kier alpha value is -2.18. The largest absolute Gasteiger partial charge is 0.337 e. The van der Waals surface area contributed by atoms with E-state index in [0.29, 0.717) is 11.4 Å². The summed E-state index contributed by atoms with van der Waals surface area (Å²) in [4.78, 5) is 30.1. The van der Waals surface area contributed by atoms with E-state index >= 15 is 0 Å². The molecule has 0 atom stereocenters. The Labute approximate surface area is 148 Å². The van der Waals surface area contributed by atoms with Gasteiger partial charge in [-0.25, -0.2) is 0 Å². The van der Waals surface area contributed by atoms with E-state index in [9.17, 15) is 9.59 Å². The molecule has 2 aliphatic rings. The van der Waals surface area contributed by atoms with Gasteiger partial charge in [-0.15, -0.1) is 0 Å². The summed E-state index contributed by atoms with van der Waals surface area (Å²) in [5, 5.41) is 0.617. The van der Waals surface area contributed by atoms with E-state index in [4.69, 9.17) is 0 Å². The lowest BCUT2D eigenvalue weighted by atomic mass is 10.2. The van der Waals surface area contributed by atoms with Crippen molar-refractivity contribution >= 4 is 40.4 Å². The molecule has 2 aromatic carbocycles. The zero-order valence-corrected chi connectivity index (χ0v) is 14.6. The SMILES string of the molecule is CN1C(=C2SC(=O)N(Cc3ccccc3)C2=O)Sc2ccccc21. The van der Waals surface area contributed by atoms with Crippen LogP contribution in [-0.2, 0) is 11.3 Å². The second-order valence-electron chi connectivity index (χ2n) is 5.51. The number of carbonyl (C=O) groups excluding carboxylic acids is 2. The van der Waals surface area contributed by atoms with Crippen molar-refractivity contribution in [2.45, 2.75) is 11.4 Å². The fourth-order valence-corrected chi connectivity index (χ4v) is 4.91. The topological polar surface area (TPSA) is 40.6 Å². The molecule has 4 rings (SSSR count). The maximum atomic E-state index is 12.8. The molecule has 2 aliphatic heterocycles. The highest BCUT2D eigenvalue weighted by Gasteiger charge is 2.40. The predicted molar refractivity (Wildman–Crippen MR) is 97.7 cm³/mol. The Morgan fingerprint density at radius 1 is 0.917 bits per heavy atom. The van der Waals surface area contributed by atoms with Crippen molar-refractivity contribution in [1.29, 1.82) is 0 Å². The fourth-order valence-electron chi connectivity index (χ4n) is 2.73. The summed E-state index contributed by atoms with van der Waals surface area (Å²) in [6, 6.07) is 17.6. The quantitative estimate of drug-likeness (QED) is 0.752. The number of carbonyl (C=O) groups is 2. The minimum absolute atomic E-state index is 0.212. The molecule has 2 heterocycles. The van der Waals surface area contributed by atoms with E-state index < -0.39 is 0 Å². The van der Waals surface area contributed by atoms with E-state index in [1.807, 2.05) is 66.5 Å². The van der Waals surface area contributed by atoms with Gasteiger partial charge < -0.3 is 4.90 Å². The zero-order chi connectivity index (χ0) is 16.7. The van der Waals surface area contributed by atoms with Crippen LogP contribution in [0.25, 0.3) is 0 Å². The average Bonchev–Trinajstić information content (AvgIpc) is 3.08. The third kappa shape index (κ3) is 2.52. The lowest BCUT2D eigenvalue weighted by Gasteiger charge is -2.15. The number of nitrogens with zero attached hydrogens (tertiary/aromatic N) is 2. The number of rotatable bonds is 2. The van der Waals surface area contributed by atoms with Crippen molar-refractivity contribution in [2.24, 2.45) is 0 Å². The second-order valence-corrected chi connectivity index (χ2v) is 7.50. The Kier molecular flexibility index (Phi) is 3.86. The molecule has 24 heavy (non-hydrogen) atoms. The van der Waals surface area contributed by atoms with Gasteiger partial charge in [0.25, 0.3) is 11.1 Å². The van der Waals surface area contributed by atoms with Crippen LogP contribution in [0.3, 0.4) is 0 Å². The van der Waals surface area contributed by atoms with Gasteiger partial charge in [0.05, 0.1) is 17.3 Å². The van der Waals surface area contributed by atoms with Crippen LogP contribution >= 0.6 is 23.5 Å². The number of hydrogen-bond donors (Lipinski definition) is 0. The van der Waals surface area contributed by atoms with Crippen molar-refractivity contribution in [1.82, 2.24) is 4.90 Å². The average molecular weight is 354 g/mol. The second kappa shape index (κ2) is 6.03. The molecule has 2 aromatic rings. The molecule has 4 nitrogen and oxygen atoms in total. The summed E-state index contributed by atoms with van der Waals surface area (Å²) in [6.45, 7) is 0.309. The smallest absolute Gasteiger partial charge is 0.293 e. The summed E-state index contributed by atoms with van der Waals surface area (Å²) < 4.78 is 0. The molecule has 120 valence electrons. The van der Waals surface area contributed by atoms with Gasteiger partial charge in [0, 0.05) is 11.9 Å². The summed E-state index contributed by atoms with van der Waals surface area (Å²) in [6.07, 6.45) is 0. The minimum Gasteiger partial charge on any atom is -0.337 e. The highest BCUT2D eigenvalue weighted by Crippen LogP contribution is 2.49. The summed E-state index contributed by atoms with van der Waals surface area (Å²) in [7, 11) is 1.93. The van der Waals surface area contributed by atoms with Crippen molar-refractivity contribution < 1.29 is 9.59 Å². The van der Waals surface area contributed by atoms with Crippen LogP contribution in [-0.4, -0.2) is 23.1 Å². The molecule has 0 spiro atoms. The Bertz CT molecular complexity index is 864. The molecule has 2 amide bonds. The first-order valence-corrected chi connectivity index (χ1v) is 9.11. The normalized spacial score (nSPS) is 20.0. The highest BCUT2D eigenvalue weighted by atomic mass is 32.2. The molecular weight excluding hydrogens is 340 g/mol. The van der Waals surface area contributed by atoms with Crippen LogP contribution in [0.4, 0.5) is 10.5 Å². The van der Waals surface area contributed by atoms with E-state index in [1.54, 1.807) is 11.8 Å². The molecule has 0 unspecified atom stereocenters. The van der Waals surface area contributed by atoms with Crippen LogP contribution in [0.2, 0.25) is 0 Å². The molecule has 1 fully saturated rings. The predicted octanol–water partition coefficient (Wildman–Crippen LogP) is 4.29. The van der Waals surface area contributed by atoms with Gasteiger partial charge in [-0.05, 0) is 29.5 Å². The highest BCUT2D eigenvalue weighted by molar-refractivity contribution is 8.19.